The molecular weight excluding hydrogens is 290 g/mol. The van der Waals surface area contributed by atoms with Gasteiger partial charge in [0.25, 0.3) is 0 Å². The first-order chi connectivity index (χ1) is 11.1. The lowest BCUT2D eigenvalue weighted by atomic mass is 9.78. The molecular formula is C19H23NO3. The number of carbonyl (C=O) groups is 2. The summed E-state index contributed by atoms with van der Waals surface area (Å²) in [6.45, 7) is 1.11. The molecule has 1 spiro atoms. The van der Waals surface area contributed by atoms with Gasteiger partial charge in [0.1, 0.15) is 0 Å². The first-order valence-corrected chi connectivity index (χ1v) is 8.72. The zero-order valence-corrected chi connectivity index (χ0v) is 13.3. The first-order valence-electron chi connectivity index (χ1n) is 8.72. The maximum absolute atomic E-state index is 12.9. The number of carboxylic acid groups (broad SMARTS) is 1. The van der Waals surface area contributed by atoms with Crippen molar-refractivity contribution in [2.45, 2.75) is 43.9 Å². The number of likely N-dealkylation sites (tertiary alicyclic amines) is 1. The summed E-state index contributed by atoms with van der Waals surface area (Å²) in [5.41, 5.74) is 2.81. The molecule has 1 amide bonds. The number of amides is 1. The summed E-state index contributed by atoms with van der Waals surface area (Å²) in [4.78, 5) is 26.0. The molecule has 1 aromatic carbocycles. The molecule has 3 atom stereocenters. The maximum atomic E-state index is 12.9. The lowest BCUT2D eigenvalue weighted by molar-refractivity contribution is -0.146. The third-order valence-electron chi connectivity index (χ3n) is 6.08. The number of nitrogens with zero attached hydrogens (tertiary/aromatic N) is 1. The molecule has 2 aliphatic carbocycles. The molecule has 1 N–H and O–H groups in total. The van der Waals surface area contributed by atoms with E-state index in [1.807, 2.05) is 4.90 Å². The molecule has 1 aromatic rings. The molecule has 1 saturated heterocycles. The summed E-state index contributed by atoms with van der Waals surface area (Å²) in [6.07, 6.45) is 5.80. The number of benzene rings is 1. The second kappa shape index (κ2) is 5.36. The molecule has 0 radical (unpaired) electrons. The third-order valence-corrected chi connectivity index (χ3v) is 6.08. The van der Waals surface area contributed by atoms with E-state index in [0.717, 1.165) is 38.6 Å². The Balaban J connectivity index is 1.53. The number of hydrogen-bond acceptors (Lipinski definition) is 2. The van der Waals surface area contributed by atoms with Gasteiger partial charge in [-0.05, 0) is 49.7 Å². The number of aliphatic carboxylic acids is 1. The first kappa shape index (κ1) is 14.7. The smallest absolute Gasteiger partial charge is 0.308 e. The van der Waals surface area contributed by atoms with Gasteiger partial charge >= 0.3 is 5.97 Å². The lowest BCUT2D eigenvalue weighted by Gasteiger charge is -2.32. The third kappa shape index (κ3) is 2.35. The molecule has 4 heteroatoms. The number of aryl methyl sites for hydroxylation is 1. The molecule has 4 nitrogen and oxygen atoms in total. The van der Waals surface area contributed by atoms with Gasteiger partial charge in [-0.2, -0.15) is 0 Å². The Morgan fingerprint density at radius 3 is 2.87 bits per heavy atom. The number of carboxylic acids is 1. The van der Waals surface area contributed by atoms with Crippen molar-refractivity contribution < 1.29 is 14.7 Å². The van der Waals surface area contributed by atoms with Gasteiger partial charge in [-0.15, -0.1) is 0 Å². The van der Waals surface area contributed by atoms with Crippen LogP contribution in [0.25, 0.3) is 0 Å². The van der Waals surface area contributed by atoms with Crippen LogP contribution in [-0.2, 0) is 21.4 Å². The number of fused-ring (bicyclic) bond motifs is 2. The normalized spacial score (nSPS) is 32.4. The fourth-order valence-electron chi connectivity index (χ4n) is 4.76. The van der Waals surface area contributed by atoms with Crippen LogP contribution in [0.15, 0.2) is 24.3 Å². The van der Waals surface area contributed by atoms with E-state index in [1.54, 1.807) is 0 Å². The second-order valence-electron chi connectivity index (χ2n) is 7.39. The van der Waals surface area contributed by atoms with Crippen molar-refractivity contribution in [2.75, 3.05) is 13.1 Å². The van der Waals surface area contributed by atoms with Crippen LogP contribution in [-0.4, -0.2) is 35.0 Å². The van der Waals surface area contributed by atoms with E-state index in [1.165, 1.54) is 11.1 Å². The predicted molar refractivity (Wildman–Crippen MR) is 86.1 cm³/mol. The molecule has 3 aliphatic rings. The highest BCUT2D eigenvalue weighted by molar-refractivity contribution is 5.85. The molecule has 1 heterocycles. The molecule has 0 bridgehead atoms. The number of carbonyl (C=O) groups excluding carboxylic acids is 1. The quantitative estimate of drug-likeness (QED) is 0.913. The van der Waals surface area contributed by atoms with E-state index in [0.29, 0.717) is 13.0 Å². The van der Waals surface area contributed by atoms with Crippen molar-refractivity contribution in [3.8, 4) is 0 Å². The average molecular weight is 313 g/mol. The van der Waals surface area contributed by atoms with E-state index < -0.39 is 5.97 Å². The number of piperidine rings is 1. The van der Waals surface area contributed by atoms with Crippen LogP contribution < -0.4 is 0 Å². The Bertz CT molecular complexity index is 656. The molecule has 23 heavy (non-hydrogen) atoms. The van der Waals surface area contributed by atoms with Crippen LogP contribution in [0.2, 0.25) is 0 Å². The van der Waals surface area contributed by atoms with Crippen molar-refractivity contribution in [1.29, 1.82) is 0 Å². The minimum atomic E-state index is -0.768. The summed E-state index contributed by atoms with van der Waals surface area (Å²) in [6, 6.07) is 8.54. The highest BCUT2D eigenvalue weighted by Crippen LogP contribution is 2.60. The fraction of sp³-hybridized carbons (Fsp3) is 0.579. The van der Waals surface area contributed by atoms with Crippen molar-refractivity contribution in [3.63, 3.8) is 0 Å². The van der Waals surface area contributed by atoms with Crippen LogP contribution >= 0.6 is 0 Å². The molecule has 0 aromatic heterocycles. The zero-order chi connectivity index (χ0) is 16.0. The van der Waals surface area contributed by atoms with Crippen LogP contribution in [0.3, 0.4) is 0 Å². The van der Waals surface area contributed by atoms with E-state index in [9.17, 15) is 14.7 Å². The monoisotopic (exact) mass is 313 g/mol. The van der Waals surface area contributed by atoms with Gasteiger partial charge in [0.2, 0.25) is 5.91 Å². The van der Waals surface area contributed by atoms with E-state index in [4.69, 9.17) is 0 Å². The lowest BCUT2D eigenvalue weighted by Crippen LogP contribution is -2.44. The zero-order valence-electron chi connectivity index (χ0n) is 13.3. The van der Waals surface area contributed by atoms with E-state index in [2.05, 4.69) is 24.3 Å². The Kier molecular flexibility index (Phi) is 3.43. The van der Waals surface area contributed by atoms with E-state index in [-0.39, 0.29) is 23.2 Å². The Hall–Kier alpha value is -1.84. The highest BCUT2D eigenvalue weighted by Gasteiger charge is 2.61. The van der Waals surface area contributed by atoms with Gasteiger partial charge < -0.3 is 10.0 Å². The SMILES string of the molecule is O=C(O)[C@H]1CCCN(C(=O)[C@@H]2C[C@]23CCCc2ccccc23)C1. The number of hydrogen-bond donors (Lipinski definition) is 1. The summed E-state index contributed by atoms with van der Waals surface area (Å²) < 4.78 is 0. The summed E-state index contributed by atoms with van der Waals surface area (Å²) in [5, 5.41) is 9.23. The minimum absolute atomic E-state index is 0.0437. The molecule has 1 aliphatic heterocycles. The standard InChI is InChI=1S/C19H23NO3/c21-17(20-10-4-7-14(12-20)18(22)23)16-11-19(16)9-3-6-13-5-1-2-8-15(13)19/h1-2,5,8,14,16H,3-4,6-7,9-12H2,(H,22,23)/t14-,16-,19-/m0/s1. The molecule has 4 rings (SSSR count). The van der Waals surface area contributed by atoms with Crippen LogP contribution in [0.5, 0.6) is 0 Å². The predicted octanol–water partition coefficient (Wildman–Crippen LogP) is 2.60. The maximum Gasteiger partial charge on any atom is 0.308 e. The average Bonchev–Trinajstić information content (AvgIpc) is 3.29. The Morgan fingerprint density at radius 2 is 2.04 bits per heavy atom. The highest BCUT2D eigenvalue weighted by atomic mass is 16.4. The van der Waals surface area contributed by atoms with Gasteiger partial charge in [0, 0.05) is 24.4 Å². The van der Waals surface area contributed by atoms with Crippen LogP contribution in [0, 0.1) is 11.8 Å². The number of rotatable bonds is 2. The van der Waals surface area contributed by atoms with Crippen LogP contribution in [0.4, 0.5) is 0 Å². The molecule has 122 valence electrons. The Morgan fingerprint density at radius 1 is 1.22 bits per heavy atom. The topological polar surface area (TPSA) is 57.6 Å². The fourth-order valence-corrected chi connectivity index (χ4v) is 4.76. The Labute approximate surface area is 136 Å². The molecule has 1 saturated carbocycles. The van der Waals surface area contributed by atoms with E-state index >= 15 is 0 Å². The van der Waals surface area contributed by atoms with Gasteiger partial charge in [0.15, 0.2) is 0 Å². The second-order valence-corrected chi connectivity index (χ2v) is 7.39. The van der Waals surface area contributed by atoms with Crippen molar-refractivity contribution in [1.82, 2.24) is 4.90 Å². The largest absolute Gasteiger partial charge is 0.481 e. The van der Waals surface area contributed by atoms with Gasteiger partial charge in [-0.25, -0.2) is 0 Å². The molecule has 0 unspecified atom stereocenters. The van der Waals surface area contributed by atoms with Gasteiger partial charge in [0.05, 0.1) is 5.92 Å². The van der Waals surface area contributed by atoms with Crippen molar-refractivity contribution in [2.24, 2.45) is 11.8 Å². The van der Waals surface area contributed by atoms with Gasteiger partial charge in [-0.1, -0.05) is 24.3 Å². The van der Waals surface area contributed by atoms with Crippen LogP contribution in [0.1, 0.15) is 43.2 Å². The van der Waals surface area contributed by atoms with Crippen molar-refractivity contribution in [3.05, 3.63) is 35.4 Å². The van der Waals surface area contributed by atoms with Gasteiger partial charge in [-0.3, -0.25) is 9.59 Å². The summed E-state index contributed by atoms with van der Waals surface area (Å²) in [7, 11) is 0. The summed E-state index contributed by atoms with van der Waals surface area (Å²) in [5.74, 6) is -0.902. The summed E-state index contributed by atoms with van der Waals surface area (Å²) >= 11 is 0. The molecule has 2 fully saturated rings. The minimum Gasteiger partial charge on any atom is -0.481 e. The van der Waals surface area contributed by atoms with Crippen molar-refractivity contribution >= 4 is 11.9 Å².